The van der Waals surface area contributed by atoms with Crippen molar-refractivity contribution < 1.29 is 9.84 Å². The van der Waals surface area contributed by atoms with Gasteiger partial charge in [-0.25, -0.2) is 0 Å². The zero-order chi connectivity index (χ0) is 16.8. The lowest BCUT2D eigenvalue weighted by atomic mass is 10.2. The third kappa shape index (κ3) is 4.54. The topological polar surface area (TPSA) is 60.3 Å². The van der Waals surface area contributed by atoms with Gasteiger partial charge in [0.25, 0.3) is 0 Å². The van der Waals surface area contributed by atoms with E-state index in [4.69, 9.17) is 4.74 Å². The Morgan fingerprint density at radius 1 is 1.25 bits per heavy atom. The van der Waals surface area contributed by atoms with Gasteiger partial charge in [0.05, 0.1) is 12.3 Å². The van der Waals surface area contributed by atoms with Crippen molar-refractivity contribution in [2.45, 2.75) is 12.8 Å². The molecule has 1 saturated carbocycles. The minimum atomic E-state index is 0.348. The normalized spacial score (nSPS) is 18.8. The highest BCUT2D eigenvalue weighted by Crippen LogP contribution is 2.28. The van der Waals surface area contributed by atoms with E-state index in [2.05, 4.69) is 20.1 Å². The zero-order valence-electron chi connectivity index (χ0n) is 14.4. The summed E-state index contributed by atoms with van der Waals surface area (Å²) in [5.41, 5.74) is 0.911. The van der Waals surface area contributed by atoms with Gasteiger partial charge in [-0.2, -0.15) is 0 Å². The van der Waals surface area contributed by atoms with Gasteiger partial charge in [-0.1, -0.05) is 12.1 Å². The molecular formula is C18H28N4O2. The predicted molar refractivity (Wildman–Crippen MR) is 96.8 cm³/mol. The standard InChI is InChI=1S/C18H28N4O2/c1-19-18(20-8-13-24-14-15-6-7-15)22-11-9-21(10-12-22)16-4-2-3-5-17(16)23/h2-5,15,23H,6-14H2,1H3,(H,19,20). The fraction of sp³-hybridized carbons (Fsp3) is 0.611. The highest BCUT2D eigenvalue weighted by Gasteiger charge is 2.22. The lowest BCUT2D eigenvalue weighted by Crippen LogP contribution is -2.53. The second-order valence-electron chi connectivity index (χ2n) is 6.46. The maximum absolute atomic E-state index is 9.99. The summed E-state index contributed by atoms with van der Waals surface area (Å²) < 4.78 is 5.66. The molecule has 0 bridgehead atoms. The number of hydrogen-bond donors (Lipinski definition) is 2. The highest BCUT2D eigenvalue weighted by molar-refractivity contribution is 5.80. The summed E-state index contributed by atoms with van der Waals surface area (Å²) in [6, 6.07) is 7.52. The van der Waals surface area contributed by atoms with Crippen LogP contribution in [0, 0.1) is 5.92 Å². The Kier molecular flexibility index (Phi) is 5.80. The summed E-state index contributed by atoms with van der Waals surface area (Å²) in [5.74, 6) is 2.09. The molecule has 1 aromatic carbocycles. The van der Waals surface area contributed by atoms with E-state index >= 15 is 0 Å². The number of phenols is 1. The Morgan fingerprint density at radius 3 is 2.67 bits per heavy atom. The van der Waals surface area contributed by atoms with Crippen LogP contribution in [0.15, 0.2) is 29.3 Å². The molecule has 6 nitrogen and oxygen atoms in total. The third-order valence-electron chi connectivity index (χ3n) is 4.59. The van der Waals surface area contributed by atoms with Crippen molar-refractivity contribution in [3.05, 3.63) is 24.3 Å². The summed E-state index contributed by atoms with van der Waals surface area (Å²) in [5, 5.41) is 13.4. The molecule has 2 aliphatic rings. The van der Waals surface area contributed by atoms with Crippen molar-refractivity contribution in [2.75, 3.05) is 57.9 Å². The Hall–Kier alpha value is -1.95. The van der Waals surface area contributed by atoms with Gasteiger partial charge >= 0.3 is 0 Å². The Bertz CT molecular complexity index is 552. The molecule has 1 aliphatic carbocycles. The molecule has 1 heterocycles. The fourth-order valence-corrected chi connectivity index (χ4v) is 2.99. The van der Waals surface area contributed by atoms with E-state index in [9.17, 15) is 5.11 Å². The van der Waals surface area contributed by atoms with Crippen molar-refractivity contribution in [3.63, 3.8) is 0 Å². The smallest absolute Gasteiger partial charge is 0.193 e. The first-order valence-electron chi connectivity index (χ1n) is 8.84. The van der Waals surface area contributed by atoms with Crippen molar-refractivity contribution in [1.29, 1.82) is 0 Å². The van der Waals surface area contributed by atoms with Crippen molar-refractivity contribution in [2.24, 2.45) is 10.9 Å². The van der Waals surface area contributed by atoms with Crippen LogP contribution in [0.1, 0.15) is 12.8 Å². The number of guanidine groups is 1. The SMILES string of the molecule is CN=C(NCCOCC1CC1)N1CCN(c2ccccc2O)CC1. The van der Waals surface area contributed by atoms with Gasteiger partial charge < -0.3 is 25.0 Å². The quantitative estimate of drug-likeness (QED) is 0.470. The Labute approximate surface area is 144 Å². The largest absolute Gasteiger partial charge is 0.506 e. The third-order valence-corrected chi connectivity index (χ3v) is 4.59. The molecule has 3 rings (SSSR count). The molecule has 0 unspecified atom stereocenters. The molecule has 0 amide bonds. The number of aromatic hydroxyl groups is 1. The average molecular weight is 332 g/mol. The first kappa shape index (κ1) is 16.9. The first-order valence-corrected chi connectivity index (χ1v) is 8.84. The van der Waals surface area contributed by atoms with Gasteiger partial charge in [0.15, 0.2) is 5.96 Å². The molecule has 0 spiro atoms. The number of hydrogen-bond acceptors (Lipinski definition) is 4. The molecule has 0 atom stereocenters. The molecule has 132 valence electrons. The van der Waals surface area contributed by atoms with Crippen LogP contribution in [0.3, 0.4) is 0 Å². The maximum atomic E-state index is 9.99. The van der Waals surface area contributed by atoms with Gasteiger partial charge in [-0.3, -0.25) is 4.99 Å². The van der Waals surface area contributed by atoms with Gasteiger partial charge in [0, 0.05) is 46.4 Å². The molecule has 6 heteroatoms. The Balaban J connectivity index is 1.41. The molecular weight excluding hydrogens is 304 g/mol. The van der Waals surface area contributed by atoms with Crippen LogP contribution in [-0.4, -0.2) is 69.0 Å². The predicted octanol–water partition coefficient (Wildman–Crippen LogP) is 1.52. The van der Waals surface area contributed by atoms with Crippen LogP contribution < -0.4 is 10.2 Å². The lowest BCUT2D eigenvalue weighted by molar-refractivity contribution is 0.128. The van der Waals surface area contributed by atoms with Crippen LogP contribution in [0.4, 0.5) is 5.69 Å². The number of ether oxygens (including phenoxy) is 1. The molecule has 2 N–H and O–H groups in total. The van der Waals surface area contributed by atoms with E-state index in [1.807, 2.05) is 25.2 Å². The van der Waals surface area contributed by atoms with E-state index in [0.29, 0.717) is 5.75 Å². The Morgan fingerprint density at radius 2 is 2.00 bits per heavy atom. The summed E-state index contributed by atoms with van der Waals surface area (Å²) in [6.45, 7) is 5.94. The van der Waals surface area contributed by atoms with Gasteiger partial charge in [0.1, 0.15) is 5.75 Å². The number of phenolic OH excluding ortho intramolecular Hbond substituents is 1. The first-order chi connectivity index (χ1) is 11.8. The van der Waals surface area contributed by atoms with E-state index < -0.39 is 0 Å². The second kappa shape index (κ2) is 8.24. The number of rotatable bonds is 6. The van der Waals surface area contributed by atoms with Gasteiger partial charge in [-0.05, 0) is 30.9 Å². The van der Waals surface area contributed by atoms with Gasteiger partial charge in [0.2, 0.25) is 0 Å². The molecule has 0 aromatic heterocycles. The highest BCUT2D eigenvalue weighted by atomic mass is 16.5. The summed E-state index contributed by atoms with van der Waals surface area (Å²) >= 11 is 0. The molecule has 1 aromatic rings. The number of piperazine rings is 1. The van der Waals surface area contributed by atoms with Crippen LogP contribution in [-0.2, 0) is 4.74 Å². The number of anilines is 1. The second-order valence-corrected chi connectivity index (χ2v) is 6.46. The van der Waals surface area contributed by atoms with Crippen LogP contribution >= 0.6 is 0 Å². The molecule has 1 saturated heterocycles. The van der Waals surface area contributed by atoms with E-state index in [1.54, 1.807) is 6.07 Å². The van der Waals surface area contributed by atoms with Crippen LogP contribution in [0.2, 0.25) is 0 Å². The number of aliphatic imine (C=N–C) groups is 1. The summed E-state index contributed by atoms with van der Waals surface area (Å²) in [6.07, 6.45) is 2.66. The maximum Gasteiger partial charge on any atom is 0.193 e. The zero-order valence-corrected chi connectivity index (χ0v) is 14.4. The summed E-state index contributed by atoms with van der Waals surface area (Å²) in [4.78, 5) is 8.86. The van der Waals surface area contributed by atoms with Crippen molar-refractivity contribution in [1.82, 2.24) is 10.2 Å². The molecule has 0 radical (unpaired) electrons. The van der Waals surface area contributed by atoms with Gasteiger partial charge in [-0.15, -0.1) is 0 Å². The minimum absolute atomic E-state index is 0.348. The van der Waals surface area contributed by atoms with Crippen molar-refractivity contribution >= 4 is 11.6 Å². The number of nitrogens with one attached hydrogen (secondary N) is 1. The van der Waals surface area contributed by atoms with E-state index in [0.717, 1.165) is 63.5 Å². The molecule has 24 heavy (non-hydrogen) atoms. The molecule has 2 fully saturated rings. The number of para-hydroxylation sites is 2. The van der Waals surface area contributed by atoms with Crippen LogP contribution in [0.5, 0.6) is 5.75 Å². The summed E-state index contributed by atoms with van der Waals surface area (Å²) in [7, 11) is 1.82. The number of benzene rings is 1. The minimum Gasteiger partial charge on any atom is -0.506 e. The van der Waals surface area contributed by atoms with E-state index in [-0.39, 0.29) is 0 Å². The average Bonchev–Trinajstić information content (AvgIpc) is 3.43. The van der Waals surface area contributed by atoms with Crippen LogP contribution in [0.25, 0.3) is 0 Å². The van der Waals surface area contributed by atoms with E-state index in [1.165, 1.54) is 12.8 Å². The number of nitrogens with zero attached hydrogens (tertiary/aromatic N) is 3. The monoisotopic (exact) mass is 332 g/mol. The molecule has 1 aliphatic heterocycles. The fourth-order valence-electron chi connectivity index (χ4n) is 2.99. The van der Waals surface area contributed by atoms with Crippen molar-refractivity contribution in [3.8, 4) is 5.75 Å². The lowest BCUT2D eigenvalue weighted by Gasteiger charge is -2.37.